The van der Waals surface area contributed by atoms with E-state index in [0.717, 1.165) is 31.9 Å². The van der Waals surface area contributed by atoms with E-state index in [-0.39, 0.29) is 24.5 Å². The number of aromatic nitrogens is 1. The van der Waals surface area contributed by atoms with Crippen LogP contribution in [0.3, 0.4) is 0 Å². The number of ketones is 1. The summed E-state index contributed by atoms with van der Waals surface area (Å²) in [6, 6.07) is 11.3. The van der Waals surface area contributed by atoms with Gasteiger partial charge in [-0.05, 0) is 43.4 Å². The van der Waals surface area contributed by atoms with Crippen LogP contribution in [-0.2, 0) is 4.79 Å². The van der Waals surface area contributed by atoms with Gasteiger partial charge in [0.2, 0.25) is 5.91 Å². The fourth-order valence-corrected chi connectivity index (χ4v) is 2.94. The van der Waals surface area contributed by atoms with E-state index in [2.05, 4.69) is 27.1 Å². The summed E-state index contributed by atoms with van der Waals surface area (Å²) >= 11 is 0. The van der Waals surface area contributed by atoms with Crippen molar-refractivity contribution in [2.24, 2.45) is 0 Å². The topological polar surface area (TPSA) is 65.5 Å². The molecule has 0 unspecified atom stereocenters. The predicted octanol–water partition coefficient (Wildman–Crippen LogP) is 2.44. The van der Waals surface area contributed by atoms with Gasteiger partial charge < -0.3 is 15.1 Å². The van der Waals surface area contributed by atoms with Crippen molar-refractivity contribution in [2.75, 3.05) is 43.4 Å². The molecule has 2 aromatic rings. The van der Waals surface area contributed by atoms with Crippen molar-refractivity contribution in [3.05, 3.63) is 54.4 Å². The van der Waals surface area contributed by atoms with Gasteiger partial charge in [0.05, 0.1) is 0 Å². The van der Waals surface area contributed by atoms with Crippen LogP contribution in [0.4, 0.5) is 11.4 Å². The Morgan fingerprint density at radius 2 is 1.77 bits per heavy atom. The summed E-state index contributed by atoms with van der Waals surface area (Å²) in [5, 5.41) is 2.85. The molecule has 6 heteroatoms. The van der Waals surface area contributed by atoms with Crippen LogP contribution in [0.1, 0.15) is 23.2 Å². The first kappa shape index (κ1) is 18.1. The molecule has 136 valence electrons. The summed E-state index contributed by atoms with van der Waals surface area (Å²) in [5.41, 5.74) is 2.46. The third-order valence-electron chi connectivity index (χ3n) is 4.58. The van der Waals surface area contributed by atoms with Crippen molar-refractivity contribution in [3.63, 3.8) is 0 Å². The van der Waals surface area contributed by atoms with Crippen molar-refractivity contribution in [2.45, 2.75) is 12.8 Å². The molecule has 0 spiro atoms. The maximum absolute atomic E-state index is 12.1. The van der Waals surface area contributed by atoms with Crippen molar-refractivity contribution < 1.29 is 9.59 Å². The lowest BCUT2D eigenvalue weighted by Crippen LogP contribution is -2.44. The number of carbonyl (C=O) groups is 2. The molecule has 1 amide bonds. The number of anilines is 2. The number of nitrogens with zero attached hydrogens (tertiary/aromatic N) is 3. The Morgan fingerprint density at radius 1 is 1.04 bits per heavy atom. The molecular weight excluding hydrogens is 328 g/mol. The van der Waals surface area contributed by atoms with E-state index in [1.54, 1.807) is 18.3 Å². The van der Waals surface area contributed by atoms with E-state index in [1.807, 2.05) is 24.3 Å². The molecule has 1 aliphatic heterocycles. The molecule has 0 saturated carbocycles. The van der Waals surface area contributed by atoms with E-state index < -0.39 is 0 Å². The number of benzene rings is 1. The molecule has 2 heterocycles. The summed E-state index contributed by atoms with van der Waals surface area (Å²) in [6.07, 6.45) is 3.48. The monoisotopic (exact) mass is 352 g/mol. The molecular formula is C20H24N4O2. The van der Waals surface area contributed by atoms with Gasteiger partial charge in [-0.2, -0.15) is 0 Å². The molecule has 1 aliphatic rings. The largest absolute Gasteiger partial charge is 0.369 e. The second kappa shape index (κ2) is 8.58. The predicted molar refractivity (Wildman–Crippen MR) is 103 cm³/mol. The van der Waals surface area contributed by atoms with E-state index in [0.29, 0.717) is 5.56 Å². The summed E-state index contributed by atoms with van der Waals surface area (Å²) < 4.78 is 0. The Bertz CT molecular complexity index is 738. The second-order valence-corrected chi connectivity index (χ2v) is 6.55. The highest BCUT2D eigenvalue weighted by Crippen LogP contribution is 2.19. The first-order valence-electron chi connectivity index (χ1n) is 8.88. The summed E-state index contributed by atoms with van der Waals surface area (Å²) in [5.74, 6) is -0.228. The zero-order chi connectivity index (χ0) is 18.4. The fourth-order valence-electron chi connectivity index (χ4n) is 2.94. The lowest BCUT2D eigenvalue weighted by atomic mass is 10.1. The Kier molecular flexibility index (Phi) is 5.96. The highest BCUT2D eigenvalue weighted by molar-refractivity contribution is 5.99. The minimum absolute atomic E-state index is 0.0707. The lowest BCUT2D eigenvalue weighted by Gasteiger charge is -2.34. The molecule has 0 bridgehead atoms. The zero-order valence-corrected chi connectivity index (χ0v) is 15.0. The average molecular weight is 352 g/mol. The Hall–Kier alpha value is -2.73. The van der Waals surface area contributed by atoms with E-state index in [4.69, 9.17) is 0 Å². The van der Waals surface area contributed by atoms with Crippen molar-refractivity contribution in [3.8, 4) is 0 Å². The van der Waals surface area contributed by atoms with Gasteiger partial charge in [0.1, 0.15) is 0 Å². The smallest absolute Gasteiger partial charge is 0.224 e. The molecule has 0 aliphatic carbocycles. The summed E-state index contributed by atoms with van der Waals surface area (Å²) in [4.78, 5) is 32.7. The molecule has 26 heavy (non-hydrogen) atoms. The molecule has 1 aromatic heterocycles. The van der Waals surface area contributed by atoms with E-state index >= 15 is 0 Å². The molecule has 0 atom stereocenters. The van der Waals surface area contributed by atoms with Crippen LogP contribution in [-0.4, -0.2) is 54.8 Å². The van der Waals surface area contributed by atoms with Crippen molar-refractivity contribution in [1.82, 2.24) is 9.88 Å². The SMILES string of the molecule is CN1CCN(c2ccc(NC(=O)CCC(=O)c3cccnc3)cc2)CC1. The third-order valence-corrected chi connectivity index (χ3v) is 4.58. The van der Waals surface area contributed by atoms with Gasteiger partial charge >= 0.3 is 0 Å². The van der Waals surface area contributed by atoms with Gasteiger partial charge in [-0.1, -0.05) is 0 Å². The van der Waals surface area contributed by atoms with Crippen molar-refractivity contribution in [1.29, 1.82) is 0 Å². The molecule has 3 rings (SSSR count). The average Bonchev–Trinajstić information content (AvgIpc) is 2.68. The normalized spacial score (nSPS) is 14.9. The first-order chi connectivity index (χ1) is 12.6. The molecule has 6 nitrogen and oxygen atoms in total. The van der Waals surface area contributed by atoms with Crippen LogP contribution in [0.2, 0.25) is 0 Å². The number of Topliss-reactive ketones (excluding diaryl/α,β-unsaturated/α-hetero) is 1. The molecule has 0 radical (unpaired) electrons. The van der Waals surface area contributed by atoms with Crippen molar-refractivity contribution >= 4 is 23.1 Å². The Morgan fingerprint density at radius 3 is 2.42 bits per heavy atom. The standard InChI is InChI=1S/C20H24N4O2/c1-23-11-13-24(14-12-23)18-6-4-17(5-7-18)22-20(26)9-8-19(25)16-3-2-10-21-15-16/h2-7,10,15H,8-9,11-14H2,1H3,(H,22,26). The Labute approximate surface area is 153 Å². The number of amides is 1. The van der Waals surface area contributed by atoms with Gasteiger partial charge in [-0.25, -0.2) is 0 Å². The quantitative estimate of drug-likeness (QED) is 0.809. The highest BCUT2D eigenvalue weighted by atomic mass is 16.2. The van der Waals surface area contributed by atoms with Gasteiger partial charge in [0, 0.05) is 68.4 Å². The third kappa shape index (κ3) is 4.89. The number of carbonyl (C=O) groups excluding carboxylic acids is 2. The van der Waals surface area contributed by atoms with Gasteiger partial charge in [0.25, 0.3) is 0 Å². The summed E-state index contributed by atoms with van der Waals surface area (Å²) in [7, 11) is 2.13. The molecule has 1 fully saturated rings. The maximum atomic E-state index is 12.1. The highest BCUT2D eigenvalue weighted by Gasteiger charge is 2.14. The van der Waals surface area contributed by atoms with Crippen LogP contribution >= 0.6 is 0 Å². The van der Waals surface area contributed by atoms with Gasteiger partial charge in [0.15, 0.2) is 5.78 Å². The Balaban J connectivity index is 1.48. The molecule has 1 N–H and O–H groups in total. The second-order valence-electron chi connectivity index (χ2n) is 6.55. The zero-order valence-electron chi connectivity index (χ0n) is 15.0. The number of hydrogen-bond acceptors (Lipinski definition) is 5. The first-order valence-corrected chi connectivity index (χ1v) is 8.88. The van der Waals surface area contributed by atoms with Gasteiger partial charge in [-0.15, -0.1) is 0 Å². The minimum atomic E-state index is -0.158. The van der Waals surface area contributed by atoms with Crippen LogP contribution < -0.4 is 10.2 Å². The minimum Gasteiger partial charge on any atom is -0.369 e. The molecule has 1 saturated heterocycles. The summed E-state index contributed by atoms with van der Waals surface area (Å²) in [6.45, 7) is 4.14. The number of piperazine rings is 1. The van der Waals surface area contributed by atoms with E-state index in [9.17, 15) is 9.59 Å². The maximum Gasteiger partial charge on any atom is 0.224 e. The lowest BCUT2D eigenvalue weighted by molar-refractivity contribution is -0.116. The number of rotatable bonds is 6. The number of likely N-dealkylation sites (N-methyl/N-ethyl adjacent to an activating group) is 1. The van der Waals surface area contributed by atoms with Gasteiger partial charge in [-0.3, -0.25) is 14.6 Å². The molecule has 1 aromatic carbocycles. The van der Waals surface area contributed by atoms with Crippen LogP contribution in [0.25, 0.3) is 0 Å². The van der Waals surface area contributed by atoms with Crippen LogP contribution in [0.5, 0.6) is 0 Å². The fraction of sp³-hybridized carbons (Fsp3) is 0.350. The number of nitrogens with one attached hydrogen (secondary N) is 1. The van der Waals surface area contributed by atoms with E-state index in [1.165, 1.54) is 11.9 Å². The van der Waals surface area contributed by atoms with Crippen LogP contribution in [0, 0.1) is 0 Å². The number of pyridine rings is 1. The van der Waals surface area contributed by atoms with Crippen LogP contribution in [0.15, 0.2) is 48.8 Å². The number of hydrogen-bond donors (Lipinski definition) is 1.